The predicted molar refractivity (Wildman–Crippen MR) is 65.7 cm³/mol. The number of rotatable bonds is 2. The van der Waals surface area contributed by atoms with E-state index in [2.05, 4.69) is 9.72 Å². The predicted octanol–water partition coefficient (Wildman–Crippen LogP) is 2.98. The maximum Gasteiger partial charge on any atom is 0.338 e. The van der Waals surface area contributed by atoms with Crippen LogP contribution >= 0.6 is 0 Å². The number of benzene rings is 1. The fourth-order valence-corrected chi connectivity index (χ4v) is 1.72. The topological polar surface area (TPSA) is 39.2 Å². The second-order valence-corrected chi connectivity index (χ2v) is 3.86. The summed E-state index contributed by atoms with van der Waals surface area (Å²) in [4.78, 5) is 15.2. The standard InChI is InChI=1S/C14H12FNO2/c1-9-5-6-10(8-12(9)14(17)18-2)11-4-3-7-16-13(11)15/h3-8H,1-2H3. The zero-order valence-corrected chi connectivity index (χ0v) is 10.1. The van der Waals surface area contributed by atoms with Gasteiger partial charge in [-0.05, 0) is 36.2 Å². The summed E-state index contributed by atoms with van der Waals surface area (Å²) in [5.41, 5.74) is 2.18. The van der Waals surface area contributed by atoms with E-state index in [1.165, 1.54) is 13.3 Å². The molecule has 1 aromatic carbocycles. The molecule has 0 N–H and O–H groups in total. The molecule has 0 aliphatic heterocycles. The summed E-state index contributed by atoms with van der Waals surface area (Å²) in [6.07, 6.45) is 1.38. The molecule has 0 saturated carbocycles. The Morgan fingerprint density at radius 3 is 2.78 bits per heavy atom. The molecular weight excluding hydrogens is 233 g/mol. The minimum absolute atomic E-state index is 0.364. The highest BCUT2D eigenvalue weighted by atomic mass is 19.1. The van der Waals surface area contributed by atoms with Crippen LogP contribution in [0.1, 0.15) is 15.9 Å². The molecule has 0 aliphatic carbocycles. The van der Waals surface area contributed by atoms with Crippen molar-refractivity contribution in [1.82, 2.24) is 4.98 Å². The second-order valence-electron chi connectivity index (χ2n) is 3.86. The van der Waals surface area contributed by atoms with Gasteiger partial charge in [-0.15, -0.1) is 0 Å². The molecule has 0 atom stereocenters. The molecule has 2 rings (SSSR count). The van der Waals surface area contributed by atoms with Gasteiger partial charge in [0.25, 0.3) is 0 Å². The van der Waals surface area contributed by atoms with Gasteiger partial charge in [0, 0.05) is 11.8 Å². The van der Waals surface area contributed by atoms with Crippen molar-refractivity contribution >= 4 is 5.97 Å². The number of methoxy groups -OCH3 is 1. The number of aryl methyl sites for hydroxylation is 1. The number of esters is 1. The Labute approximate surface area is 104 Å². The molecule has 0 spiro atoms. The van der Waals surface area contributed by atoms with Crippen molar-refractivity contribution in [2.24, 2.45) is 0 Å². The van der Waals surface area contributed by atoms with Crippen molar-refractivity contribution in [2.45, 2.75) is 6.92 Å². The van der Waals surface area contributed by atoms with Crippen molar-refractivity contribution in [3.05, 3.63) is 53.6 Å². The van der Waals surface area contributed by atoms with Gasteiger partial charge in [0.15, 0.2) is 0 Å². The van der Waals surface area contributed by atoms with E-state index in [9.17, 15) is 9.18 Å². The summed E-state index contributed by atoms with van der Waals surface area (Å²) >= 11 is 0. The summed E-state index contributed by atoms with van der Waals surface area (Å²) < 4.78 is 18.3. The van der Waals surface area contributed by atoms with Gasteiger partial charge in [0.1, 0.15) is 0 Å². The van der Waals surface area contributed by atoms with Crippen LogP contribution in [0, 0.1) is 12.9 Å². The Morgan fingerprint density at radius 2 is 2.11 bits per heavy atom. The van der Waals surface area contributed by atoms with Crippen molar-refractivity contribution in [1.29, 1.82) is 0 Å². The van der Waals surface area contributed by atoms with E-state index in [0.29, 0.717) is 16.7 Å². The van der Waals surface area contributed by atoms with Crippen LogP contribution in [0.25, 0.3) is 11.1 Å². The van der Waals surface area contributed by atoms with Crippen LogP contribution in [0.5, 0.6) is 0 Å². The number of pyridine rings is 1. The van der Waals surface area contributed by atoms with Gasteiger partial charge in [-0.25, -0.2) is 9.78 Å². The molecule has 0 unspecified atom stereocenters. The van der Waals surface area contributed by atoms with Crippen LogP contribution in [0.2, 0.25) is 0 Å². The van der Waals surface area contributed by atoms with E-state index in [4.69, 9.17) is 0 Å². The van der Waals surface area contributed by atoms with Crippen molar-refractivity contribution in [3.8, 4) is 11.1 Å². The number of hydrogen-bond donors (Lipinski definition) is 0. The number of hydrogen-bond acceptors (Lipinski definition) is 3. The monoisotopic (exact) mass is 245 g/mol. The second kappa shape index (κ2) is 4.96. The molecule has 2 aromatic rings. The number of halogens is 1. The lowest BCUT2D eigenvalue weighted by Crippen LogP contribution is -2.04. The van der Waals surface area contributed by atoms with Crippen molar-refractivity contribution in [2.75, 3.05) is 7.11 Å². The van der Waals surface area contributed by atoms with E-state index in [1.54, 1.807) is 37.3 Å². The van der Waals surface area contributed by atoms with Crippen LogP contribution in [-0.2, 0) is 4.74 Å². The Balaban J connectivity index is 2.54. The van der Waals surface area contributed by atoms with Gasteiger partial charge in [0.2, 0.25) is 5.95 Å². The van der Waals surface area contributed by atoms with Gasteiger partial charge in [-0.1, -0.05) is 12.1 Å². The van der Waals surface area contributed by atoms with Crippen LogP contribution in [-0.4, -0.2) is 18.1 Å². The summed E-state index contributed by atoms with van der Waals surface area (Å²) in [6.45, 7) is 1.80. The largest absolute Gasteiger partial charge is 0.465 e. The molecule has 0 radical (unpaired) electrons. The zero-order valence-electron chi connectivity index (χ0n) is 10.1. The number of ether oxygens (including phenoxy) is 1. The third-order valence-electron chi connectivity index (χ3n) is 2.71. The van der Waals surface area contributed by atoms with Crippen LogP contribution in [0.15, 0.2) is 36.5 Å². The SMILES string of the molecule is COC(=O)c1cc(-c2cccnc2F)ccc1C. The molecule has 1 aromatic heterocycles. The molecule has 0 saturated heterocycles. The van der Waals surface area contributed by atoms with Gasteiger partial charge in [0.05, 0.1) is 12.7 Å². The highest BCUT2D eigenvalue weighted by Gasteiger charge is 2.12. The highest BCUT2D eigenvalue weighted by molar-refractivity contribution is 5.92. The summed E-state index contributed by atoms with van der Waals surface area (Å²) in [6, 6.07) is 8.39. The average Bonchev–Trinajstić information content (AvgIpc) is 2.39. The average molecular weight is 245 g/mol. The van der Waals surface area contributed by atoms with E-state index in [-0.39, 0.29) is 0 Å². The first-order valence-corrected chi connectivity index (χ1v) is 5.43. The molecule has 0 fully saturated rings. The normalized spacial score (nSPS) is 10.2. The van der Waals surface area contributed by atoms with Crippen molar-refractivity contribution in [3.63, 3.8) is 0 Å². The lowest BCUT2D eigenvalue weighted by atomic mass is 10.0. The Kier molecular flexibility index (Phi) is 3.37. The zero-order chi connectivity index (χ0) is 13.1. The Hall–Kier alpha value is -2.23. The van der Waals surface area contributed by atoms with Gasteiger partial charge < -0.3 is 4.74 Å². The minimum Gasteiger partial charge on any atom is -0.465 e. The van der Waals surface area contributed by atoms with Crippen LogP contribution in [0.3, 0.4) is 0 Å². The van der Waals surface area contributed by atoms with E-state index >= 15 is 0 Å². The van der Waals surface area contributed by atoms with Crippen molar-refractivity contribution < 1.29 is 13.9 Å². The smallest absolute Gasteiger partial charge is 0.338 e. The van der Waals surface area contributed by atoms with E-state index in [0.717, 1.165) is 5.56 Å². The number of aromatic nitrogens is 1. The fraction of sp³-hybridized carbons (Fsp3) is 0.143. The highest BCUT2D eigenvalue weighted by Crippen LogP contribution is 2.24. The summed E-state index contributed by atoms with van der Waals surface area (Å²) in [5.74, 6) is -0.990. The minimum atomic E-state index is -0.558. The third-order valence-corrected chi connectivity index (χ3v) is 2.71. The molecule has 92 valence electrons. The molecule has 18 heavy (non-hydrogen) atoms. The lowest BCUT2D eigenvalue weighted by Gasteiger charge is -2.07. The maximum atomic E-state index is 13.6. The van der Waals surface area contributed by atoms with Gasteiger partial charge in [-0.2, -0.15) is 4.39 Å². The lowest BCUT2D eigenvalue weighted by molar-refractivity contribution is 0.0600. The number of nitrogens with zero attached hydrogens (tertiary/aromatic N) is 1. The third kappa shape index (κ3) is 2.22. The number of carbonyl (C=O) groups is 1. The van der Waals surface area contributed by atoms with E-state index < -0.39 is 11.9 Å². The summed E-state index contributed by atoms with van der Waals surface area (Å²) in [5, 5.41) is 0. The first-order chi connectivity index (χ1) is 8.63. The Morgan fingerprint density at radius 1 is 1.33 bits per heavy atom. The molecule has 0 aliphatic rings. The summed E-state index contributed by atoms with van der Waals surface area (Å²) in [7, 11) is 1.32. The maximum absolute atomic E-state index is 13.6. The number of carbonyl (C=O) groups excluding carboxylic acids is 1. The van der Waals surface area contributed by atoms with Crippen LogP contribution in [0.4, 0.5) is 4.39 Å². The van der Waals surface area contributed by atoms with E-state index in [1.807, 2.05) is 0 Å². The molecule has 4 heteroatoms. The molecule has 0 amide bonds. The first-order valence-electron chi connectivity index (χ1n) is 5.43. The quantitative estimate of drug-likeness (QED) is 0.603. The van der Waals surface area contributed by atoms with Crippen LogP contribution < -0.4 is 0 Å². The molecule has 3 nitrogen and oxygen atoms in total. The fourth-order valence-electron chi connectivity index (χ4n) is 1.72. The Bertz CT molecular complexity index is 596. The molecule has 1 heterocycles. The van der Waals surface area contributed by atoms with Gasteiger partial charge >= 0.3 is 5.97 Å². The molecular formula is C14H12FNO2. The van der Waals surface area contributed by atoms with Gasteiger partial charge in [-0.3, -0.25) is 0 Å². The first kappa shape index (κ1) is 12.2. The molecule has 0 bridgehead atoms.